The van der Waals surface area contributed by atoms with Gasteiger partial charge in [-0.25, -0.2) is 4.90 Å². The Labute approximate surface area is 155 Å². The number of para-hydroxylation sites is 1. The fraction of sp³-hybridized carbons (Fsp3) is 0.211. The summed E-state index contributed by atoms with van der Waals surface area (Å²) in [6, 6.07) is 14.1. The second kappa shape index (κ2) is 7.61. The Balaban J connectivity index is 1.66. The van der Waals surface area contributed by atoms with E-state index in [0.29, 0.717) is 17.1 Å². The van der Waals surface area contributed by atoms with Crippen LogP contribution in [0.2, 0.25) is 0 Å². The summed E-state index contributed by atoms with van der Waals surface area (Å²) in [5.41, 5.74) is 2.00. The van der Waals surface area contributed by atoms with E-state index in [1.165, 1.54) is 0 Å². The molecule has 1 saturated heterocycles. The van der Waals surface area contributed by atoms with Gasteiger partial charge in [-0.05, 0) is 54.6 Å². The van der Waals surface area contributed by atoms with Gasteiger partial charge < -0.3 is 10.1 Å². The zero-order valence-electron chi connectivity index (χ0n) is 14.4. The van der Waals surface area contributed by atoms with Crippen LogP contribution in [0.25, 0.3) is 0 Å². The van der Waals surface area contributed by atoms with Crippen molar-refractivity contribution >= 4 is 40.2 Å². The molecule has 0 aliphatic carbocycles. The first-order valence-corrected chi connectivity index (χ1v) is 8.91. The van der Waals surface area contributed by atoms with Crippen molar-refractivity contribution in [1.29, 1.82) is 0 Å². The molecule has 0 unspecified atom stereocenters. The third kappa shape index (κ3) is 3.72. The molecular formula is C19H18N2O4S. The lowest BCUT2D eigenvalue weighted by Gasteiger charge is -2.16. The van der Waals surface area contributed by atoms with Crippen molar-refractivity contribution < 1.29 is 19.1 Å². The molecule has 0 bridgehead atoms. The van der Waals surface area contributed by atoms with Crippen molar-refractivity contribution in [1.82, 2.24) is 0 Å². The molecule has 1 fully saturated rings. The number of methoxy groups -OCH3 is 1. The Kier molecular flexibility index (Phi) is 5.27. The first kappa shape index (κ1) is 18.0. The first-order chi connectivity index (χ1) is 12.5. The molecule has 134 valence electrons. The minimum Gasteiger partial charge on any atom is -0.497 e. The van der Waals surface area contributed by atoms with Crippen LogP contribution in [0.3, 0.4) is 0 Å². The SMILES string of the molecule is COc1ccc(NC(=O)C[C@@H]2SC(=O)N(c3ccccc3C)C2=O)cc1. The Hall–Kier alpha value is -2.80. The predicted molar refractivity (Wildman–Crippen MR) is 102 cm³/mol. The monoisotopic (exact) mass is 370 g/mol. The molecule has 2 aromatic rings. The van der Waals surface area contributed by atoms with Crippen molar-refractivity contribution in [2.75, 3.05) is 17.3 Å². The lowest BCUT2D eigenvalue weighted by Crippen LogP contribution is -2.33. The summed E-state index contributed by atoms with van der Waals surface area (Å²) in [4.78, 5) is 38.3. The van der Waals surface area contributed by atoms with Crippen LogP contribution >= 0.6 is 11.8 Å². The van der Waals surface area contributed by atoms with E-state index in [-0.39, 0.29) is 23.5 Å². The van der Waals surface area contributed by atoms with Gasteiger partial charge in [0.2, 0.25) is 11.8 Å². The topological polar surface area (TPSA) is 75.7 Å². The van der Waals surface area contributed by atoms with Gasteiger partial charge in [-0.1, -0.05) is 18.2 Å². The third-order valence-electron chi connectivity index (χ3n) is 4.02. The highest BCUT2D eigenvalue weighted by atomic mass is 32.2. The molecule has 6 nitrogen and oxygen atoms in total. The van der Waals surface area contributed by atoms with E-state index >= 15 is 0 Å². The smallest absolute Gasteiger partial charge is 0.293 e. The number of carbonyl (C=O) groups excluding carboxylic acids is 3. The molecule has 3 amide bonds. The minimum absolute atomic E-state index is 0.0658. The number of ether oxygens (including phenoxy) is 1. The zero-order chi connectivity index (χ0) is 18.7. The van der Waals surface area contributed by atoms with Crippen molar-refractivity contribution in [2.45, 2.75) is 18.6 Å². The van der Waals surface area contributed by atoms with E-state index in [4.69, 9.17) is 4.74 Å². The normalized spacial score (nSPS) is 16.7. The van der Waals surface area contributed by atoms with Gasteiger partial charge in [0.15, 0.2) is 0 Å². The zero-order valence-corrected chi connectivity index (χ0v) is 15.2. The molecule has 1 aliphatic rings. The standard InChI is InChI=1S/C19H18N2O4S/c1-12-5-3-4-6-15(12)21-18(23)16(26-19(21)24)11-17(22)20-13-7-9-14(25-2)10-8-13/h3-10,16H,11H2,1-2H3,(H,20,22)/t16-/m0/s1. The fourth-order valence-electron chi connectivity index (χ4n) is 2.67. The number of nitrogens with zero attached hydrogens (tertiary/aromatic N) is 1. The number of anilines is 2. The van der Waals surface area contributed by atoms with Crippen molar-refractivity contribution in [3.05, 3.63) is 54.1 Å². The van der Waals surface area contributed by atoms with Gasteiger partial charge in [-0.2, -0.15) is 0 Å². The van der Waals surface area contributed by atoms with Gasteiger partial charge in [0.1, 0.15) is 11.0 Å². The molecule has 0 saturated carbocycles. The average Bonchev–Trinajstić information content (AvgIpc) is 2.90. The van der Waals surface area contributed by atoms with Gasteiger partial charge in [0, 0.05) is 12.1 Å². The second-order valence-corrected chi connectivity index (χ2v) is 6.97. The van der Waals surface area contributed by atoms with Crippen LogP contribution in [0, 0.1) is 6.92 Å². The number of aryl methyl sites for hydroxylation is 1. The Bertz CT molecular complexity index is 851. The largest absolute Gasteiger partial charge is 0.497 e. The maximum Gasteiger partial charge on any atom is 0.293 e. The van der Waals surface area contributed by atoms with E-state index < -0.39 is 5.25 Å². The molecule has 1 N–H and O–H groups in total. The first-order valence-electron chi connectivity index (χ1n) is 8.03. The van der Waals surface area contributed by atoms with Crippen LogP contribution in [0.4, 0.5) is 16.2 Å². The average molecular weight is 370 g/mol. The molecular weight excluding hydrogens is 352 g/mol. The van der Waals surface area contributed by atoms with Gasteiger partial charge in [0.05, 0.1) is 12.8 Å². The van der Waals surface area contributed by atoms with Crippen molar-refractivity contribution in [2.24, 2.45) is 0 Å². The maximum atomic E-state index is 12.6. The number of thioether (sulfide) groups is 1. The Morgan fingerprint density at radius 1 is 1.15 bits per heavy atom. The summed E-state index contributed by atoms with van der Waals surface area (Å²) in [5, 5.41) is 1.65. The number of hydrogen-bond donors (Lipinski definition) is 1. The van der Waals surface area contributed by atoms with Crippen LogP contribution in [-0.4, -0.2) is 29.4 Å². The summed E-state index contributed by atoms with van der Waals surface area (Å²) in [5.74, 6) is 0.00336. The summed E-state index contributed by atoms with van der Waals surface area (Å²) in [6.45, 7) is 1.84. The molecule has 1 atom stereocenters. The molecule has 3 rings (SSSR count). The molecule has 26 heavy (non-hydrogen) atoms. The maximum absolute atomic E-state index is 12.6. The van der Waals surface area contributed by atoms with E-state index in [9.17, 15) is 14.4 Å². The van der Waals surface area contributed by atoms with Crippen molar-refractivity contribution in [3.8, 4) is 5.75 Å². The van der Waals surface area contributed by atoms with E-state index in [1.54, 1.807) is 43.5 Å². The number of benzene rings is 2. The lowest BCUT2D eigenvalue weighted by molar-refractivity contribution is -0.121. The second-order valence-electron chi connectivity index (χ2n) is 5.81. The summed E-state index contributed by atoms with van der Waals surface area (Å²) in [7, 11) is 1.56. The van der Waals surface area contributed by atoms with Crippen LogP contribution < -0.4 is 15.0 Å². The molecule has 0 radical (unpaired) electrons. The highest BCUT2D eigenvalue weighted by Gasteiger charge is 2.41. The summed E-state index contributed by atoms with van der Waals surface area (Å²) >= 11 is 0.887. The van der Waals surface area contributed by atoms with E-state index in [2.05, 4.69) is 5.32 Å². The number of amides is 3. The van der Waals surface area contributed by atoms with Crippen molar-refractivity contribution in [3.63, 3.8) is 0 Å². The van der Waals surface area contributed by atoms with E-state index in [0.717, 1.165) is 22.2 Å². The molecule has 1 aliphatic heterocycles. The van der Waals surface area contributed by atoms with Crippen LogP contribution in [-0.2, 0) is 9.59 Å². The van der Waals surface area contributed by atoms with Crippen LogP contribution in [0.15, 0.2) is 48.5 Å². The van der Waals surface area contributed by atoms with E-state index in [1.807, 2.05) is 19.1 Å². The minimum atomic E-state index is -0.722. The molecule has 0 aromatic heterocycles. The quantitative estimate of drug-likeness (QED) is 0.870. The van der Waals surface area contributed by atoms with Gasteiger partial charge in [-0.15, -0.1) is 0 Å². The van der Waals surface area contributed by atoms with Crippen LogP contribution in [0.5, 0.6) is 5.75 Å². The summed E-state index contributed by atoms with van der Waals surface area (Å²) < 4.78 is 5.07. The van der Waals surface area contributed by atoms with Gasteiger partial charge >= 0.3 is 0 Å². The third-order valence-corrected chi connectivity index (χ3v) is 5.06. The fourth-order valence-corrected chi connectivity index (χ4v) is 3.65. The van der Waals surface area contributed by atoms with Crippen LogP contribution in [0.1, 0.15) is 12.0 Å². The number of rotatable bonds is 5. The van der Waals surface area contributed by atoms with Gasteiger partial charge in [-0.3, -0.25) is 14.4 Å². The molecule has 1 heterocycles. The molecule has 2 aromatic carbocycles. The Morgan fingerprint density at radius 3 is 2.50 bits per heavy atom. The summed E-state index contributed by atoms with van der Waals surface area (Å²) in [6.07, 6.45) is -0.0658. The number of hydrogen-bond acceptors (Lipinski definition) is 5. The lowest BCUT2D eigenvalue weighted by atomic mass is 10.1. The Morgan fingerprint density at radius 2 is 1.85 bits per heavy atom. The highest BCUT2D eigenvalue weighted by Crippen LogP contribution is 2.35. The number of nitrogens with one attached hydrogen (secondary N) is 1. The number of carbonyl (C=O) groups is 3. The molecule has 7 heteroatoms. The molecule has 0 spiro atoms. The number of imide groups is 1. The van der Waals surface area contributed by atoms with Gasteiger partial charge in [0.25, 0.3) is 5.24 Å². The highest BCUT2D eigenvalue weighted by molar-refractivity contribution is 8.15. The predicted octanol–water partition coefficient (Wildman–Crippen LogP) is 3.60.